The zero-order chi connectivity index (χ0) is 11.4. The van der Waals surface area contributed by atoms with Gasteiger partial charge in [0.25, 0.3) is 0 Å². The van der Waals surface area contributed by atoms with Crippen LogP contribution in [-0.4, -0.2) is 61.0 Å². The highest BCUT2D eigenvalue weighted by atomic mass is 16.5. The molecule has 0 aromatic carbocycles. The number of amides is 2. The standard InChI is InChI=1S/C11H18N2O3/c14-9-12-4-6-13(7-5-12)11(15)8-16-10-2-1-3-10/h9-10H,1-8H2. The molecule has 1 aliphatic heterocycles. The third-order valence-electron chi connectivity index (χ3n) is 3.31. The van der Waals surface area contributed by atoms with Crippen molar-refractivity contribution in [1.82, 2.24) is 9.80 Å². The van der Waals surface area contributed by atoms with Gasteiger partial charge in [-0.05, 0) is 19.3 Å². The van der Waals surface area contributed by atoms with Crippen molar-refractivity contribution < 1.29 is 14.3 Å². The van der Waals surface area contributed by atoms with E-state index in [1.165, 1.54) is 6.42 Å². The van der Waals surface area contributed by atoms with E-state index < -0.39 is 0 Å². The summed E-state index contributed by atoms with van der Waals surface area (Å²) in [5, 5.41) is 0. The Morgan fingerprint density at radius 2 is 1.94 bits per heavy atom. The maximum absolute atomic E-state index is 11.7. The van der Waals surface area contributed by atoms with Crippen LogP contribution >= 0.6 is 0 Å². The van der Waals surface area contributed by atoms with Gasteiger partial charge in [-0.3, -0.25) is 9.59 Å². The summed E-state index contributed by atoms with van der Waals surface area (Å²) < 4.78 is 5.47. The number of nitrogens with zero attached hydrogens (tertiary/aromatic N) is 2. The Bertz CT molecular complexity index is 258. The van der Waals surface area contributed by atoms with E-state index >= 15 is 0 Å². The van der Waals surface area contributed by atoms with Crippen molar-refractivity contribution in [2.75, 3.05) is 32.8 Å². The Labute approximate surface area is 95.3 Å². The fourth-order valence-corrected chi connectivity index (χ4v) is 1.89. The fourth-order valence-electron chi connectivity index (χ4n) is 1.89. The molecular formula is C11H18N2O3. The number of piperazine rings is 1. The van der Waals surface area contributed by atoms with Crippen LogP contribution in [0.5, 0.6) is 0 Å². The summed E-state index contributed by atoms with van der Waals surface area (Å²) in [6.45, 7) is 2.74. The SMILES string of the molecule is O=CN1CCN(C(=O)COC2CCC2)CC1. The van der Waals surface area contributed by atoms with Crippen LogP contribution in [0.25, 0.3) is 0 Å². The number of hydrogen-bond donors (Lipinski definition) is 0. The first kappa shape index (κ1) is 11.4. The van der Waals surface area contributed by atoms with Gasteiger partial charge >= 0.3 is 0 Å². The van der Waals surface area contributed by atoms with Crippen LogP contribution in [-0.2, 0) is 14.3 Å². The highest BCUT2D eigenvalue weighted by Crippen LogP contribution is 2.21. The average molecular weight is 226 g/mol. The largest absolute Gasteiger partial charge is 0.368 e. The second-order valence-electron chi connectivity index (χ2n) is 4.39. The van der Waals surface area contributed by atoms with Gasteiger partial charge in [-0.1, -0.05) is 0 Å². The first-order valence-corrected chi connectivity index (χ1v) is 5.88. The molecule has 0 N–H and O–H groups in total. The predicted molar refractivity (Wildman–Crippen MR) is 57.8 cm³/mol. The van der Waals surface area contributed by atoms with E-state index in [1.54, 1.807) is 9.80 Å². The minimum Gasteiger partial charge on any atom is -0.368 e. The van der Waals surface area contributed by atoms with Crippen molar-refractivity contribution >= 4 is 12.3 Å². The molecular weight excluding hydrogens is 208 g/mol. The highest BCUT2D eigenvalue weighted by Gasteiger charge is 2.23. The summed E-state index contributed by atoms with van der Waals surface area (Å²) >= 11 is 0. The number of hydrogen-bond acceptors (Lipinski definition) is 3. The normalized spacial score (nSPS) is 21.8. The van der Waals surface area contributed by atoms with Crippen LogP contribution in [0.4, 0.5) is 0 Å². The lowest BCUT2D eigenvalue weighted by molar-refractivity contribution is -0.142. The number of ether oxygens (including phenoxy) is 1. The van der Waals surface area contributed by atoms with Crippen LogP contribution < -0.4 is 0 Å². The van der Waals surface area contributed by atoms with Gasteiger partial charge < -0.3 is 14.5 Å². The van der Waals surface area contributed by atoms with Crippen molar-refractivity contribution in [2.24, 2.45) is 0 Å². The van der Waals surface area contributed by atoms with E-state index in [4.69, 9.17) is 4.74 Å². The van der Waals surface area contributed by atoms with Crippen LogP contribution in [0.2, 0.25) is 0 Å². The topological polar surface area (TPSA) is 49.9 Å². The first-order chi connectivity index (χ1) is 7.79. The third-order valence-corrected chi connectivity index (χ3v) is 3.31. The monoisotopic (exact) mass is 226 g/mol. The van der Waals surface area contributed by atoms with Crippen LogP contribution in [0.1, 0.15) is 19.3 Å². The van der Waals surface area contributed by atoms with Gasteiger partial charge in [0.05, 0.1) is 6.10 Å². The van der Waals surface area contributed by atoms with Gasteiger partial charge in [-0.25, -0.2) is 0 Å². The van der Waals surface area contributed by atoms with Crippen LogP contribution in [0, 0.1) is 0 Å². The molecule has 16 heavy (non-hydrogen) atoms. The molecule has 0 atom stereocenters. The zero-order valence-corrected chi connectivity index (χ0v) is 9.43. The Morgan fingerprint density at radius 3 is 2.44 bits per heavy atom. The number of carbonyl (C=O) groups excluding carboxylic acids is 2. The lowest BCUT2D eigenvalue weighted by Crippen LogP contribution is -2.49. The molecule has 2 amide bonds. The Balaban J connectivity index is 1.66. The van der Waals surface area contributed by atoms with Crippen molar-refractivity contribution in [2.45, 2.75) is 25.4 Å². The summed E-state index contributed by atoms with van der Waals surface area (Å²) in [6, 6.07) is 0. The van der Waals surface area contributed by atoms with E-state index in [2.05, 4.69) is 0 Å². The minimum absolute atomic E-state index is 0.0532. The summed E-state index contributed by atoms with van der Waals surface area (Å²) in [5.41, 5.74) is 0. The minimum atomic E-state index is 0.0532. The Morgan fingerprint density at radius 1 is 1.25 bits per heavy atom. The van der Waals surface area contributed by atoms with Gasteiger partial charge in [0, 0.05) is 26.2 Å². The summed E-state index contributed by atoms with van der Waals surface area (Å²) in [7, 11) is 0. The lowest BCUT2D eigenvalue weighted by Gasteiger charge is -2.33. The third kappa shape index (κ3) is 2.72. The summed E-state index contributed by atoms with van der Waals surface area (Å²) in [6.07, 6.45) is 4.54. The second-order valence-corrected chi connectivity index (χ2v) is 4.39. The molecule has 1 saturated carbocycles. The van der Waals surface area contributed by atoms with Gasteiger partial charge in [0.15, 0.2) is 0 Å². The smallest absolute Gasteiger partial charge is 0.248 e. The fraction of sp³-hybridized carbons (Fsp3) is 0.818. The van der Waals surface area contributed by atoms with Crippen molar-refractivity contribution in [3.63, 3.8) is 0 Å². The average Bonchev–Trinajstić information content (AvgIpc) is 2.27. The molecule has 0 unspecified atom stereocenters. The Kier molecular flexibility index (Phi) is 3.77. The van der Waals surface area contributed by atoms with E-state index in [1.807, 2.05) is 0 Å². The van der Waals surface area contributed by atoms with Crippen LogP contribution in [0.15, 0.2) is 0 Å². The van der Waals surface area contributed by atoms with Gasteiger partial charge in [0.1, 0.15) is 6.61 Å². The van der Waals surface area contributed by atoms with Gasteiger partial charge in [-0.2, -0.15) is 0 Å². The number of rotatable bonds is 4. The molecule has 1 aliphatic carbocycles. The van der Waals surface area contributed by atoms with E-state index in [0.717, 1.165) is 19.3 Å². The zero-order valence-electron chi connectivity index (χ0n) is 9.43. The molecule has 2 rings (SSSR count). The summed E-state index contributed by atoms with van der Waals surface area (Å²) in [4.78, 5) is 25.7. The van der Waals surface area contributed by atoms with E-state index in [9.17, 15) is 9.59 Å². The first-order valence-electron chi connectivity index (χ1n) is 5.88. The molecule has 1 saturated heterocycles. The second kappa shape index (κ2) is 5.30. The van der Waals surface area contributed by atoms with Crippen LogP contribution in [0.3, 0.4) is 0 Å². The van der Waals surface area contributed by atoms with Gasteiger partial charge in [-0.15, -0.1) is 0 Å². The molecule has 0 radical (unpaired) electrons. The molecule has 2 aliphatic rings. The van der Waals surface area contributed by atoms with Gasteiger partial charge in [0.2, 0.25) is 12.3 Å². The molecule has 5 heteroatoms. The quantitative estimate of drug-likeness (QED) is 0.627. The maximum atomic E-state index is 11.7. The molecule has 2 fully saturated rings. The number of carbonyl (C=O) groups is 2. The highest BCUT2D eigenvalue weighted by molar-refractivity contribution is 5.77. The maximum Gasteiger partial charge on any atom is 0.248 e. The predicted octanol–water partition coefficient (Wildman–Crippen LogP) is -0.144. The molecule has 5 nitrogen and oxygen atoms in total. The van der Waals surface area contributed by atoms with Crippen molar-refractivity contribution in [1.29, 1.82) is 0 Å². The molecule has 0 bridgehead atoms. The Hall–Kier alpha value is -1.10. The van der Waals surface area contributed by atoms with Crippen molar-refractivity contribution in [3.05, 3.63) is 0 Å². The van der Waals surface area contributed by atoms with E-state index in [-0.39, 0.29) is 12.5 Å². The molecule has 90 valence electrons. The molecule has 1 heterocycles. The molecule has 0 spiro atoms. The summed E-state index contributed by atoms with van der Waals surface area (Å²) in [5.74, 6) is 0.0532. The van der Waals surface area contributed by atoms with E-state index in [0.29, 0.717) is 32.3 Å². The molecule has 0 aromatic rings. The lowest BCUT2D eigenvalue weighted by atomic mass is 9.96. The van der Waals surface area contributed by atoms with Crippen molar-refractivity contribution in [3.8, 4) is 0 Å². The molecule has 0 aromatic heterocycles.